The number of halogens is 3. The van der Waals surface area contributed by atoms with Gasteiger partial charge < -0.3 is 4.74 Å². The van der Waals surface area contributed by atoms with Gasteiger partial charge in [-0.2, -0.15) is 17.5 Å². The molecule has 1 aliphatic rings. The molecule has 134 valence electrons. The average molecular weight is 372 g/mol. The van der Waals surface area contributed by atoms with Crippen molar-refractivity contribution >= 4 is 10.0 Å². The number of aromatic nitrogens is 1. The zero-order valence-corrected chi connectivity index (χ0v) is 14.0. The number of nitrogens with zero attached hydrogens (tertiary/aromatic N) is 2. The van der Waals surface area contributed by atoms with Gasteiger partial charge in [0, 0.05) is 12.3 Å². The summed E-state index contributed by atoms with van der Waals surface area (Å²) in [5, 5.41) is 0. The molecular weight excluding hydrogens is 357 g/mol. The Bertz CT molecular complexity index is 861. The van der Waals surface area contributed by atoms with Crippen molar-refractivity contribution in [2.24, 2.45) is 0 Å². The van der Waals surface area contributed by atoms with Gasteiger partial charge in [-0.1, -0.05) is 17.7 Å². The summed E-state index contributed by atoms with van der Waals surface area (Å²) < 4.78 is 69.4. The second kappa shape index (κ2) is 6.30. The molecule has 5 nitrogen and oxygen atoms in total. The third kappa shape index (κ3) is 3.77. The van der Waals surface area contributed by atoms with E-state index < -0.39 is 27.9 Å². The van der Waals surface area contributed by atoms with Gasteiger partial charge in [0.25, 0.3) is 0 Å². The van der Waals surface area contributed by atoms with Crippen molar-refractivity contribution in [2.45, 2.75) is 24.1 Å². The number of pyridine rings is 1. The van der Waals surface area contributed by atoms with Gasteiger partial charge in [0.15, 0.2) is 0 Å². The number of hydrogen-bond acceptors (Lipinski definition) is 4. The van der Waals surface area contributed by atoms with Gasteiger partial charge in [0.05, 0.1) is 23.5 Å². The van der Waals surface area contributed by atoms with Gasteiger partial charge in [-0.3, -0.25) is 0 Å². The Labute approximate surface area is 143 Å². The van der Waals surface area contributed by atoms with Crippen LogP contribution in [0.1, 0.15) is 11.1 Å². The smallest absolute Gasteiger partial charge is 0.416 e. The molecule has 1 aromatic carbocycles. The van der Waals surface area contributed by atoms with Crippen LogP contribution in [0.5, 0.6) is 5.88 Å². The molecule has 0 N–H and O–H groups in total. The third-order valence-electron chi connectivity index (χ3n) is 3.82. The van der Waals surface area contributed by atoms with Crippen molar-refractivity contribution in [1.82, 2.24) is 9.29 Å². The molecular formula is C16H15F3N2O3S. The van der Waals surface area contributed by atoms with Crippen LogP contribution in [0, 0.1) is 6.92 Å². The standard InChI is InChI=1S/C16H15F3N2O3S/c1-11-2-4-14(5-3-11)25(22,23)21-9-13(10-21)24-15-8-12(6-7-20-15)16(17,18)19/h2-8,13H,9-10H2,1H3. The lowest BCUT2D eigenvalue weighted by molar-refractivity contribution is -0.137. The number of aryl methyl sites for hydroxylation is 1. The lowest BCUT2D eigenvalue weighted by atomic mass is 10.2. The van der Waals surface area contributed by atoms with Gasteiger partial charge in [0.1, 0.15) is 6.10 Å². The molecule has 0 radical (unpaired) electrons. The van der Waals surface area contributed by atoms with Gasteiger partial charge >= 0.3 is 6.18 Å². The molecule has 0 aliphatic carbocycles. The van der Waals surface area contributed by atoms with Crippen molar-refractivity contribution in [3.8, 4) is 5.88 Å². The van der Waals surface area contributed by atoms with Crippen molar-refractivity contribution in [1.29, 1.82) is 0 Å². The highest BCUT2D eigenvalue weighted by Gasteiger charge is 2.38. The highest BCUT2D eigenvalue weighted by molar-refractivity contribution is 7.89. The Hall–Kier alpha value is -2.13. The zero-order chi connectivity index (χ0) is 18.2. The first-order valence-corrected chi connectivity index (χ1v) is 8.87. The summed E-state index contributed by atoms with van der Waals surface area (Å²) in [6, 6.07) is 8.10. The highest BCUT2D eigenvalue weighted by atomic mass is 32.2. The van der Waals surface area contributed by atoms with E-state index in [4.69, 9.17) is 4.74 Å². The summed E-state index contributed by atoms with van der Waals surface area (Å²) in [5.74, 6) is -0.174. The van der Waals surface area contributed by atoms with E-state index in [2.05, 4.69) is 4.98 Å². The molecule has 0 unspecified atom stereocenters. The molecule has 1 fully saturated rings. The van der Waals surface area contributed by atoms with Crippen LogP contribution < -0.4 is 4.74 Å². The van der Waals surface area contributed by atoms with Crippen molar-refractivity contribution in [3.63, 3.8) is 0 Å². The summed E-state index contributed by atoms with van der Waals surface area (Å²) in [5.41, 5.74) is 0.0837. The third-order valence-corrected chi connectivity index (χ3v) is 5.67. The van der Waals surface area contributed by atoms with E-state index in [-0.39, 0.29) is 23.9 Å². The van der Waals surface area contributed by atoms with E-state index in [1.54, 1.807) is 12.1 Å². The van der Waals surface area contributed by atoms with Crippen LogP contribution >= 0.6 is 0 Å². The fourth-order valence-corrected chi connectivity index (χ4v) is 3.86. The molecule has 0 spiro atoms. The summed E-state index contributed by atoms with van der Waals surface area (Å²) in [7, 11) is -3.62. The van der Waals surface area contributed by atoms with Crippen LogP contribution in [-0.2, 0) is 16.2 Å². The monoisotopic (exact) mass is 372 g/mol. The van der Waals surface area contributed by atoms with Gasteiger partial charge in [-0.05, 0) is 25.1 Å². The van der Waals surface area contributed by atoms with Crippen LogP contribution in [0.4, 0.5) is 13.2 Å². The molecule has 3 rings (SSSR count). The molecule has 0 saturated carbocycles. The molecule has 2 aromatic rings. The summed E-state index contributed by atoms with van der Waals surface area (Å²) in [6.07, 6.45) is -4.00. The molecule has 0 amide bonds. The predicted octanol–water partition coefficient (Wildman–Crippen LogP) is 2.86. The Morgan fingerprint density at radius 1 is 1.16 bits per heavy atom. The van der Waals surface area contributed by atoms with Crippen LogP contribution in [0.15, 0.2) is 47.5 Å². The summed E-state index contributed by atoms with van der Waals surface area (Å²) in [4.78, 5) is 3.91. The minimum atomic E-state index is -4.48. The fourth-order valence-electron chi connectivity index (χ4n) is 2.35. The predicted molar refractivity (Wildman–Crippen MR) is 83.6 cm³/mol. The van der Waals surface area contributed by atoms with Crippen molar-refractivity contribution < 1.29 is 26.3 Å². The van der Waals surface area contributed by atoms with E-state index in [0.717, 1.165) is 23.9 Å². The maximum Gasteiger partial charge on any atom is 0.416 e. The molecule has 9 heteroatoms. The molecule has 25 heavy (non-hydrogen) atoms. The molecule has 1 aliphatic heterocycles. The SMILES string of the molecule is Cc1ccc(S(=O)(=O)N2CC(Oc3cc(C(F)(F)F)ccn3)C2)cc1. The van der Waals surface area contributed by atoms with Crippen LogP contribution in [0.25, 0.3) is 0 Å². The maximum absolute atomic E-state index is 12.7. The van der Waals surface area contributed by atoms with Gasteiger partial charge in [-0.15, -0.1) is 0 Å². The van der Waals surface area contributed by atoms with E-state index in [1.165, 1.54) is 16.4 Å². The Balaban J connectivity index is 1.64. The first-order chi connectivity index (χ1) is 11.7. The second-order valence-electron chi connectivity index (χ2n) is 5.76. The minimum Gasteiger partial charge on any atom is -0.472 e. The molecule has 1 aromatic heterocycles. The van der Waals surface area contributed by atoms with E-state index in [9.17, 15) is 21.6 Å². The number of rotatable bonds is 4. The van der Waals surface area contributed by atoms with Crippen LogP contribution in [-0.4, -0.2) is 36.9 Å². The highest BCUT2D eigenvalue weighted by Crippen LogP contribution is 2.31. The molecule has 0 bridgehead atoms. The number of hydrogen-bond donors (Lipinski definition) is 0. The average Bonchev–Trinajstić information content (AvgIpc) is 2.50. The number of ether oxygens (including phenoxy) is 1. The largest absolute Gasteiger partial charge is 0.472 e. The second-order valence-corrected chi connectivity index (χ2v) is 7.69. The first kappa shape index (κ1) is 17.7. The van der Waals surface area contributed by atoms with Crippen molar-refractivity contribution in [2.75, 3.05) is 13.1 Å². The van der Waals surface area contributed by atoms with Crippen LogP contribution in [0.2, 0.25) is 0 Å². The van der Waals surface area contributed by atoms with Gasteiger partial charge in [-0.25, -0.2) is 13.4 Å². The summed E-state index contributed by atoms with van der Waals surface area (Å²) >= 11 is 0. The topological polar surface area (TPSA) is 59.5 Å². The first-order valence-electron chi connectivity index (χ1n) is 7.43. The minimum absolute atomic E-state index is 0.0636. The number of alkyl halides is 3. The van der Waals surface area contributed by atoms with Crippen molar-refractivity contribution in [3.05, 3.63) is 53.7 Å². The Morgan fingerprint density at radius 2 is 1.80 bits per heavy atom. The van der Waals surface area contributed by atoms with Crippen LogP contribution in [0.3, 0.4) is 0 Å². The molecule has 1 saturated heterocycles. The lowest BCUT2D eigenvalue weighted by Gasteiger charge is -2.37. The fraction of sp³-hybridized carbons (Fsp3) is 0.312. The van der Waals surface area contributed by atoms with E-state index in [1.807, 2.05) is 6.92 Å². The molecule has 2 heterocycles. The number of benzene rings is 1. The Kier molecular flexibility index (Phi) is 4.46. The lowest BCUT2D eigenvalue weighted by Crippen LogP contribution is -2.56. The maximum atomic E-state index is 12.7. The van der Waals surface area contributed by atoms with E-state index >= 15 is 0 Å². The Morgan fingerprint density at radius 3 is 2.40 bits per heavy atom. The van der Waals surface area contributed by atoms with Gasteiger partial charge in [0.2, 0.25) is 15.9 Å². The zero-order valence-electron chi connectivity index (χ0n) is 13.2. The molecule has 0 atom stereocenters. The number of sulfonamides is 1. The quantitative estimate of drug-likeness (QED) is 0.828. The summed E-state index contributed by atoms with van der Waals surface area (Å²) in [6.45, 7) is 1.98. The normalized spacial score (nSPS) is 16.5. The van der Waals surface area contributed by atoms with E-state index in [0.29, 0.717) is 0 Å².